The van der Waals surface area contributed by atoms with E-state index in [1.54, 1.807) is 6.20 Å². The van der Waals surface area contributed by atoms with Crippen LogP contribution in [0.3, 0.4) is 0 Å². The van der Waals surface area contributed by atoms with E-state index in [1.807, 2.05) is 12.1 Å². The largest absolute Gasteiger partial charge is 0.351 e. The topological polar surface area (TPSA) is 42.1 Å². The van der Waals surface area contributed by atoms with Crippen LogP contribution in [0.2, 0.25) is 5.02 Å². The molecule has 1 aliphatic rings. The fourth-order valence-electron chi connectivity index (χ4n) is 2.41. The zero-order valence-electron chi connectivity index (χ0n) is 9.40. The molecule has 0 aliphatic heterocycles. The molecule has 1 fully saturated rings. The van der Waals surface area contributed by atoms with Crippen LogP contribution in [0.1, 0.15) is 25.7 Å². The summed E-state index contributed by atoms with van der Waals surface area (Å²) in [5.41, 5.74) is 5.67. The van der Waals surface area contributed by atoms with Gasteiger partial charge < -0.3 is 10.6 Å². The number of nitrogens with zero attached hydrogens (tertiary/aromatic N) is 2. The first kappa shape index (κ1) is 11.7. The minimum Gasteiger partial charge on any atom is -0.351 e. The van der Waals surface area contributed by atoms with Gasteiger partial charge in [-0.3, -0.25) is 0 Å². The van der Waals surface area contributed by atoms with Gasteiger partial charge in [0, 0.05) is 25.3 Å². The van der Waals surface area contributed by atoms with Crippen molar-refractivity contribution in [3.8, 4) is 0 Å². The Kier molecular flexibility index (Phi) is 4.02. The van der Waals surface area contributed by atoms with Gasteiger partial charge in [-0.2, -0.15) is 0 Å². The van der Waals surface area contributed by atoms with Gasteiger partial charge in [-0.15, -0.1) is 0 Å². The third-order valence-corrected chi connectivity index (χ3v) is 3.44. The molecule has 1 saturated carbocycles. The molecule has 0 radical (unpaired) electrons. The number of hydrogen-bond acceptors (Lipinski definition) is 3. The minimum atomic E-state index is 0.566. The Hall–Kier alpha value is -0.800. The maximum absolute atomic E-state index is 6.19. The van der Waals surface area contributed by atoms with Gasteiger partial charge in [-0.1, -0.05) is 24.4 Å². The van der Waals surface area contributed by atoms with Crippen molar-refractivity contribution in [3.63, 3.8) is 0 Å². The second kappa shape index (κ2) is 5.51. The average Bonchev–Trinajstić information content (AvgIpc) is 2.80. The first-order valence-corrected chi connectivity index (χ1v) is 6.28. The smallest absolute Gasteiger partial charge is 0.147 e. The molecule has 1 heterocycles. The number of anilines is 1. The third-order valence-electron chi connectivity index (χ3n) is 3.15. The first-order chi connectivity index (χ1) is 7.83. The summed E-state index contributed by atoms with van der Waals surface area (Å²) >= 11 is 6.19. The fraction of sp³-hybridized carbons (Fsp3) is 0.583. The van der Waals surface area contributed by atoms with Crippen LogP contribution in [-0.4, -0.2) is 24.1 Å². The van der Waals surface area contributed by atoms with Crippen LogP contribution in [0, 0.1) is 0 Å². The van der Waals surface area contributed by atoms with Crippen molar-refractivity contribution in [1.29, 1.82) is 0 Å². The Morgan fingerprint density at radius 1 is 1.44 bits per heavy atom. The molecule has 0 spiro atoms. The highest BCUT2D eigenvalue weighted by Gasteiger charge is 2.24. The standard InChI is InChI=1S/C12H18ClN3/c13-11-6-3-8-15-12(11)16(9-7-14)10-4-1-2-5-10/h3,6,8,10H,1-2,4-5,7,9,14H2. The lowest BCUT2D eigenvalue weighted by atomic mass is 10.2. The average molecular weight is 240 g/mol. The molecular formula is C12H18ClN3. The number of nitrogens with two attached hydrogens (primary N) is 1. The van der Waals surface area contributed by atoms with Crippen molar-refractivity contribution in [2.24, 2.45) is 5.73 Å². The van der Waals surface area contributed by atoms with E-state index in [0.717, 1.165) is 17.4 Å². The fourth-order valence-corrected chi connectivity index (χ4v) is 2.64. The molecule has 88 valence electrons. The zero-order chi connectivity index (χ0) is 11.4. The van der Waals surface area contributed by atoms with Gasteiger partial charge in [-0.25, -0.2) is 4.98 Å². The zero-order valence-corrected chi connectivity index (χ0v) is 10.2. The summed E-state index contributed by atoms with van der Waals surface area (Å²) < 4.78 is 0. The van der Waals surface area contributed by atoms with Gasteiger partial charge in [-0.05, 0) is 25.0 Å². The third kappa shape index (κ3) is 2.47. The SMILES string of the molecule is NCCN(c1ncccc1Cl)C1CCCC1. The molecule has 4 heteroatoms. The van der Waals surface area contributed by atoms with E-state index in [1.165, 1.54) is 25.7 Å². The summed E-state index contributed by atoms with van der Waals surface area (Å²) in [5, 5.41) is 0.725. The number of pyridine rings is 1. The predicted molar refractivity (Wildman–Crippen MR) is 67.9 cm³/mol. The van der Waals surface area contributed by atoms with Crippen molar-refractivity contribution in [2.75, 3.05) is 18.0 Å². The normalized spacial score (nSPS) is 16.6. The number of halogens is 1. The van der Waals surface area contributed by atoms with Crippen LogP contribution in [0.25, 0.3) is 0 Å². The Labute approximate surface area is 102 Å². The Balaban J connectivity index is 2.21. The van der Waals surface area contributed by atoms with Crippen LogP contribution in [0.15, 0.2) is 18.3 Å². The number of hydrogen-bond donors (Lipinski definition) is 1. The molecule has 3 nitrogen and oxygen atoms in total. The molecule has 1 aromatic heterocycles. The Morgan fingerprint density at radius 3 is 2.81 bits per heavy atom. The van der Waals surface area contributed by atoms with Crippen LogP contribution in [0.4, 0.5) is 5.82 Å². The van der Waals surface area contributed by atoms with Crippen molar-refractivity contribution in [2.45, 2.75) is 31.7 Å². The van der Waals surface area contributed by atoms with Gasteiger partial charge >= 0.3 is 0 Å². The minimum absolute atomic E-state index is 0.566. The van der Waals surface area contributed by atoms with Gasteiger partial charge in [0.05, 0.1) is 5.02 Å². The summed E-state index contributed by atoms with van der Waals surface area (Å²) in [6, 6.07) is 4.32. The number of aromatic nitrogens is 1. The van der Waals surface area contributed by atoms with Gasteiger partial charge in [0.1, 0.15) is 5.82 Å². The van der Waals surface area contributed by atoms with Crippen molar-refractivity contribution in [1.82, 2.24) is 4.98 Å². The molecule has 0 saturated heterocycles. The molecular weight excluding hydrogens is 222 g/mol. The predicted octanol–water partition coefficient (Wildman–Crippen LogP) is 2.44. The molecule has 2 rings (SSSR count). The van der Waals surface area contributed by atoms with E-state index in [4.69, 9.17) is 17.3 Å². The molecule has 1 aromatic rings. The van der Waals surface area contributed by atoms with Gasteiger partial charge in [0.15, 0.2) is 0 Å². The molecule has 16 heavy (non-hydrogen) atoms. The maximum atomic E-state index is 6.19. The van der Waals surface area contributed by atoms with Crippen LogP contribution in [-0.2, 0) is 0 Å². The van der Waals surface area contributed by atoms with E-state index in [-0.39, 0.29) is 0 Å². The van der Waals surface area contributed by atoms with E-state index in [9.17, 15) is 0 Å². The van der Waals surface area contributed by atoms with Crippen LogP contribution < -0.4 is 10.6 Å². The highest BCUT2D eigenvalue weighted by molar-refractivity contribution is 6.32. The molecule has 1 aliphatic carbocycles. The van der Waals surface area contributed by atoms with Crippen molar-refractivity contribution in [3.05, 3.63) is 23.4 Å². The quantitative estimate of drug-likeness (QED) is 0.878. The highest BCUT2D eigenvalue weighted by Crippen LogP contribution is 2.30. The lowest BCUT2D eigenvalue weighted by Crippen LogP contribution is -2.38. The molecule has 0 amide bonds. The summed E-state index contributed by atoms with van der Waals surface area (Å²) in [6.07, 6.45) is 6.85. The maximum Gasteiger partial charge on any atom is 0.147 e. The molecule has 0 aromatic carbocycles. The van der Waals surface area contributed by atoms with Crippen molar-refractivity contribution < 1.29 is 0 Å². The summed E-state index contributed by atoms with van der Waals surface area (Å²) in [7, 11) is 0. The molecule has 2 N–H and O–H groups in total. The second-order valence-corrected chi connectivity index (χ2v) is 4.64. The molecule has 0 bridgehead atoms. The van der Waals surface area contributed by atoms with E-state index < -0.39 is 0 Å². The van der Waals surface area contributed by atoms with E-state index in [2.05, 4.69) is 9.88 Å². The first-order valence-electron chi connectivity index (χ1n) is 5.90. The van der Waals surface area contributed by atoms with Gasteiger partial charge in [0.2, 0.25) is 0 Å². The van der Waals surface area contributed by atoms with E-state index >= 15 is 0 Å². The summed E-state index contributed by atoms with van der Waals surface area (Å²) in [5.74, 6) is 0.890. The monoisotopic (exact) mass is 239 g/mol. The lowest BCUT2D eigenvalue weighted by Gasteiger charge is -2.30. The molecule has 0 unspecified atom stereocenters. The highest BCUT2D eigenvalue weighted by atomic mass is 35.5. The summed E-state index contributed by atoms with van der Waals surface area (Å²) in [4.78, 5) is 6.65. The van der Waals surface area contributed by atoms with Crippen LogP contribution >= 0.6 is 11.6 Å². The Bertz CT molecular complexity index is 337. The van der Waals surface area contributed by atoms with E-state index in [0.29, 0.717) is 12.6 Å². The van der Waals surface area contributed by atoms with Gasteiger partial charge in [0.25, 0.3) is 0 Å². The second-order valence-electron chi connectivity index (χ2n) is 4.23. The number of rotatable bonds is 4. The Morgan fingerprint density at radius 2 is 2.19 bits per heavy atom. The van der Waals surface area contributed by atoms with Crippen LogP contribution in [0.5, 0.6) is 0 Å². The molecule has 0 atom stereocenters. The van der Waals surface area contributed by atoms with Crippen molar-refractivity contribution >= 4 is 17.4 Å². The summed E-state index contributed by atoms with van der Waals surface area (Å²) in [6.45, 7) is 1.48. The lowest BCUT2D eigenvalue weighted by molar-refractivity contribution is 0.602.